The smallest absolute Gasteiger partial charge is 0.243 e. The minimum atomic E-state index is -0.996. The van der Waals surface area contributed by atoms with E-state index >= 15 is 0 Å². The van der Waals surface area contributed by atoms with E-state index in [1.807, 2.05) is 6.08 Å². The molecule has 1 aromatic carbocycles. The summed E-state index contributed by atoms with van der Waals surface area (Å²) in [6.07, 6.45) is 6.90. The predicted molar refractivity (Wildman–Crippen MR) is 107 cm³/mol. The maximum absolute atomic E-state index is 13.9. The molecule has 0 fully saturated rings. The number of allylic oxidation sites excluding steroid dienone is 1. The van der Waals surface area contributed by atoms with E-state index in [-0.39, 0.29) is 6.42 Å². The Morgan fingerprint density at radius 1 is 1.11 bits per heavy atom. The lowest BCUT2D eigenvalue weighted by Gasteiger charge is -2.22. The Morgan fingerprint density at radius 3 is 2.39 bits per heavy atom. The average Bonchev–Trinajstić information content (AvgIpc) is 2.64. The number of hydrogen-bond acceptors (Lipinski definition) is 3. The summed E-state index contributed by atoms with van der Waals surface area (Å²) >= 11 is 0. The molecule has 4 N–H and O–H groups in total. The molecule has 1 rings (SSSR count). The van der Waals surface area contributed by atoms with Gasteiger partial charge in [-0.15, -0.1) is 6.58 Å². The van der Waals surface area contributed by atoms with Gasteiger partial charge < -0.3 is 16.4 Å². The summed E-state index contributed by atoms with van der Waals surface area (Å²) in [5.41, 5.74) is 5.71. The zero-order valence-corrected chi connectivity index (χ0v) is 16.4. The van der Waals surface area contributed by atoms with Crippen LogP contribution in [0.2, 0.25) is 0 Å². The van der Waals surface area contributed by atoms with Gasteiger partial charge in [0.1, 0.15) is 17.9 Å². The van der Waals surface area contributed by atoms with E-state index in [1.165, 1.54) is 13.0 Å². The van der Waals surface area contributed by atoms with E-state index in [9.17, 15) is 18.8 Å². The molecule has 2 atom stereocenters. The number of primary amides is 1. The van der Waals surface area contributed by atoms with Crippen LogP contribution in [0, 0.1) is 5.82 Å². The molecule has 0 aromatic heterocycles. The number of carbonyl (C=O) groups is 3. The van der Waals surface area contributed by atoms with Crippen molar-refractivity contribution in [2.24, 2.45) is 5.73 Å². The van der Waals surface area contributed by atoms with Gasteiger partial charge in [0.25, 0.3) is 0 Å². The van der Waals surface area contributed by atoms with Crippen molar-refractivity contribution in [1.29, 1.82) is 0 Å². The minimum absolute atomic E-state index is 0.0227. The van der Waals surface area contributed by atoms with E-state index in [4.69, 9.17) is 5.73 Å². The molecule has 28 heavy (non-hydrogen) atoms. The van der Waals surface area contributed by atoms with Crippen molar-refractivity contribution in [1.82, 2.24) is 10.6 Å². The SMILES string of the molecule is C=CCCCCCC[C@H](NC(=O)[C@H](Cc1ccccc1F)NC(C)=O)C(N)=O. The van der Waals surface area contributed by atoms with Crippen molar-refractivity contribution in [3.8, 4) is 0 Å². The highest BCUT2D eigenvalue weighted by Crippen LogP contribution is 2.11. The highest BCUT2D eigenvalue weighted by molar-refractivity contribution is 5.91. The first-order valence-corrected chi connectivity index (χ1v) is 9.56. The molecule has 7 heteroatoms. The van der Waals surface area contributed by atoms with Gasteiger partial charge in [-0.3, -0.25) is 14.4 Å². The number of hydrogen-bond donors (Lipinski definition) is 3. The highest BCUT2D eigenvalue weighted by atomic mass is 19.1. The summed E-state index contributed by atoms with van der Waals surface area (Å²) in [5, 5.41) is 5.11. The zero-order valence-electron chi connectivity index (χ0n) is 16.4. The molecule has 3 amide bonds. The second kappa shape index (κ2) is 12.6. The van der Waals surface area contributed by atoms with E-state index < -0.39 is 35.6 Å². The fraction of sp³-hybridized carbons (Fsp3) is 0.476. The van der Waals surface area contributed by atoms with Crippen LogP contribution in [0.5, 0.6) is 0 Å². The van der Waals surface area contributed by atoms with Crippen LogP contribution < -0.4 is 16.4 Å². The molecular formula is C21H30FN3O3. The minimum Gasteiger partial charge on any atom is -0.368 e. The summed E-state index contributed by atoms with van der Waals surface area (Å²) in [6.45, 7) is 4.95. The number of carbonyl (C=O) groups excluding carboxylic acids is 3. The van der Waals surface area contributed by atoms with Crippen molar-refractivity contribution in [3.63, 3.8) is 0 Å². The lowest BCUT2D eigenvalue weighted by Crippen LogP contribution is -2.53. The quantitative estimate of drug-likeness (QED) is 0.355. The van der Waals surface area contributed by atoms with Gasteiger partial charge in [0.15, 0.2) is 0 Å². The topological polar surface area (TPSA) is 101 Å². The number of nitrogens with one attached hydrogen (secondary N) is 2. The Morgan fingerprint density at radius 2 is 1.79 bits per heavy atom. The normalized spacial score (nSPS) is 12.6. The van der Waals surface area contributed by atoms with Gasteiger partial charge in [0.05, 0.1) is 0 Å². The molecule has 154 valence electrons. The molecular weight excluding hydrogens is 361 g/mol. The van der Waals surface area contributed by atoms with Crippen LogP contribution >= 0.6 is 0 Å². The van der Waals surface area contributed by atoms with Crippen LogP contribution in [0.3, 0.4) is 0 Å². The molecule has 0 aliphatic carbocycles. The van der Waals surface area contributed by atoms with Crippen LogP contribution in [-0.2, 0) is 20.8 Å². The molecule has 0 radical (unpaired) electrons. The Kier molecular flexibility index (Phi) is 10.5. The first-order valence-electron chi connectivity index (χ1n) is 9.56. The molecule has 0 aliphatic rings. The second-order valence-corrected chi connectivity index (χ2v) is 6.79. The average molecular weight is 391 g/mol. The third kappa shape index (κ3) is 8.79. The number of amides is 3. The van der Waals surface area contributed by atoms with Gasteiger partial charge in [-0.1, -0.05) is 43.5 Å². The second-order valence-electron chi connectivity index (χ2n) is 6.79. The fourth-order valence-electron chi connectivity index (χ4n) is 2.89. The molecule has 0 spiro atoms. The van der Waals surface area contributed by atoms with Crippen LogP contribution in [0.25, 0.3) is 0 Å². The van der Waals surface area contributed by atoms with Crippen molar-refractivity contribution in [2.45, 2.75) is 64.0 Å². The van der Waals surface area contributed by atoms with Gasteiger partial charge in [0, 0.05) is 13.3 Å². The van der Waals surface area contributed by atoms with Crippen molar-refractivity contribution in [2.75, 3.05) is 0 Å². The fourth-order valence-corrected chi connectivity index (χ4v) is 2.89. The third-order valence-corrected chi connectivity index (χ3v) is 4.39. The van der Waals surface area contributed by atoms with Crippen molar-refractivity contribution in [3.05, 3.63) is 48.3 Å². The first-order chi connectivity index (χ1) is 13.3. The number of rotatable bonds is 13. The van der Waals surface area contributed by atoms with Gasteiger partial charge in [-0.2, -0.15) is 0 Å². The molecule has 0 aliphatic heterocycles. The predicted octanol–water partition coefficient (Wildman–Crippen LogP) is 2.37. The van der Waals surface area contributed by atoms with Gasteiger partial charge in [-0.25, -0.2) is 4.39 Å². The summed E-state index contributed by atoms with van der Waals surface area (Å²) in [7, 11) is 0. The molecule has 6 nitrogen and oxygen atoms in total. The first kappa shape index (κ1) is 23.3. The molecule has 0 bridgehead atoms. The van der Waals surface area contributed by atoms with Crippen molar-refractivity contribution < 1.29 is 18.8 Å². The van der Waals surface area contributed by atoms with E-state index in [1.54, 1.807) is 18.2 Å². The largest absolute Gasteiger partial charge is 0.368 e. The van der Waals surface area contributed by atoms with Crippen molar-refractivity contribution >= 4 is 17.7 Å². The summed E-state index contributed by atoms with van der Waals surface area (Å²) in [4.78, 5) is 35.8. The molecule has 1 aromatic rings. The monoisotopic (exact) mass is 391 g/mol. The van der Waals surface area contributed by atoms with Crippen LogP contribution in [-0.4, -0.2) is 29.8 Å². The zero-order chi connectivity index (χ0) is 20.9. The highest BCUT2D eigenvalue weighted by Gasteiger charge is 2.25. The summed E-state index contributed by atoms with van der Waals surface area (Å²) in [6, 6.07) is 4.21. The summed E-state index contributed by atoms with van der Waals surface area (Å²) < 4.78 is 13.9. The van der Waals surface area contributed by atoms with Crippen LogP contribution in [0.1, 0.15) is 51.0 Å². The van der Waals surface area contributed by atoms with Crippen LogP contribution in [0.4, 0.5) is 4.39 Å². The third-order valence-electron chi connectivity index (χ3n) is 4.39. The number of nitrogens with two attached hydrogens (primary N) is 1. The number of benzene rings is 1. The Labute approximate surface area is 165 Å². The van der Waals surface area contributed by atoms with Crippen LogP contribution in [0.15, 0.2) is 36.9 Å². The standard InChI is InChI=1S/C21H30FN3O3/c1-3-4-5-6-7-8-13-18(20(23)27)25-21(28)19(24-15(2)26)14-16-11-9-10-12-17(16)22/h3,9-12,18-19H,1,4-8,13-14H2,2H3,(H2,23,27)(H,24,26)(H,25,28)/t18-,19-/m0/s1. The van der Waals surface area contributed by atoms with E-state index in [2.05, 4.69) is 17.2 Å². The van der Waals surface area contributed by atoms with E-state index in [0.717, 1.165) is 32.1 Å². The van der Waals surface area contributed by atoms with E-state index in [0.29, 0.717) is 12.0 Å². The maximum atomic E-state index is 13.9. The Balaban J connectivity index is 2.69. The number of unbranched alkanes of at least 4 members (excludes halogenated alkanes) is 4. The molecule has 0 heterocycles. The van der Waals surface area contributed by atoms with Gasteiger partial charge >= 0.3 is 0 Å². The summed E-state index contributed by atoms with van der Waals surface area (Å²) in [5.74, 6) is -2.08. The Bertz CT molecular complexity index is 679. The van der Waals surface area contributed by atoms with Gasteiger partial charge in [0.2, 0.25) is 17.7 Å². The lowest BCUT2D eigenvalue weighted by atomic mass is 10.0. The van der Waals surface area contributed by atoms with Gasteiger partial charge in [-0.05, 0) is 30.9 Å². The molecule has 0 unspecified atom stereocenters. The Hall–Kier alpha value is -2.70. The molecule has 0 saturated carbocycles. The molecule has 0 saturated heterocycles. The maximum Gasteiger partial charge on any atom is 0.243 e. The lowest BCUT2D eigenvalue weighted by molar-refractivity contribution is -0.131. The number of halogens is 1.